The molecule has 1 rings (SSSR count). The lowest BCUT2D eigenvalue weighted by Crippen LogP contribution is -2.28. The highest BCUT2D eigenvalue weighted by Crippen LogP contribution is 2.21. The van der Waals surface area contributed by atoms with E-state index < -0.39 is 0 Å². The van der Waals surface area contributed by atoms with Crippen LogP contribution in [0, 0.1) is 12.8 Å². The summed E-state index contributed by atoms with van der Waals surface area (Å²) in [6.45, 7) is 11.9. The molecule has 6 heteroatoms. The molecule has 0 saturated carbocycles. The van der Waals surface area contributed by atoms with Gasteiger partial charge >= 0.3 is 5.97 Å². The van der Waals surface area contributed by atoms with Crippen molar-refractivity contribution in [2.24, 2.45) is 5.92 Å². The maximum atomic E-state index is 12.9. The summed E-state index contributed by atoms with van der Waals surface area (Å²) in [4.78, 5) is 19.8. The van der Waals surface area contributed by atoms with Crippen molar-refractivity contribution in [3.63, 3.8) is 0 Å². The van der Waals surface area contributed by atoms with Gasteiger partial charge in [0.25, 0.3) is 0 Å². The molecule has 0 spiro atoms. The van der Waals surface area contributed by atoms with Gasteiger partial charge in [-0.3, -0.25) is 4.79 Å². The lowest BCUT2D eigenvalue weighted by atomic mass is 9.94. The fourth-order valence-corrected chi connectivity index (χ4v) is 5.69. The van der Waals surface area contributed by atoms with Gasteiger partial charge in [-0.15, -0.1) is 0 Å². The van der Waals surface area contributed by atoms with E-state index in [1.807, 2.05) is 6.20 Å². The quantitative estimate of drug-likeness (QED) is 0.0730. The second-order valence-electron chi connectivity index (χ2n) is 12.2. The van der Waals surface area contributed by atoms with Crippen molar-refractivity contribution < 1.29 is 14.6 Å². The summed E-state index contributed by atoms with van der Waals surface area (Å²) < 4.78 is 8.03. The number of aliphatic hydroxyl groups is 1. The third-order valence-corrected chi connectivity index (χ3v) is 8.44. The molecule has 0 amide bonds. The van der Waals surface area contributed by atoms with Crippen LogP contribution < -0.4 is 0 Å². The molecule has 240 valence electrons. The van der Waals surface area contributed by atoms with Gasteiger partial charge in [0.2, 0.25) is 0 Å². The number of hydrogen-bond acceptors (Lipinski definition) is 5. The summed E-state index contributed by atoms with van der Waals surface area (Å²) in [5, 5.41) is 9.04. The van der Waals surface area contributed by atoms with Crippen molar-refractivity contribution >= 4 is 5.97 Å². The molecule has 1 heterocycles. The Labute approximate surface area is 254 Å². The Hall–Kier alpha value is -1.40. The molecule has 1 aromatic heterocycles. The molecule has 1 unspecified atom stereocenters. The van der Waals surface area contributed by atoms with Crippen LogP contribution in [0.4, 0.5) is 0 Å². The smallest absolute Gasteiger partial charge is 0.308 e. The van der Waals surface area contributed by atoms with Gasteiger partial charge in [-0.05, 0) is 71.5 Å². The van der Waals surface area contributed by atoms with Gasteiger partial charge in [0, 0.05) is 25.5 Å². The molecule has 1 aromatic rings. The average molecular weight is 578 g/mol. The van der Waals surface area contributed by atoms with Crippen LogP contribution in [-0.4, -0.2) is 58.4 Å². The molecule has 0 radical (unpaired) electrons. The molecular formula is C35H67N3O3. The van der Waals surface area contributed by atoms with Crippen molar-refractivity contribution in [1.29, 1.82) is 0 Å². The number of ether oxygens (including phenoxy) is 1. The third-order valence-electron chi connectivity index (χ3n) is 8.44. The number of esters is 1. The molecule has 0 aliphatic rings. The molecule has 41 heavy (non-hydrogen) atoms. The van der Waals surface area contributed by atoms with Crippen molar-refractivity contribution in [2.45, 2.75) is 162 Å². The highest BCUT2D eigenvalue weighted by atomic mass is 16.5. The molecule has 0 aliphatic carbocycles. The molecule has 0 saturated heterocycles. The Balaban J connectivity index is 2.28. The predicted octanol–water partition coefficient (Wildman–Crippen LogP) is 8.88. The number of imidazole rings is 1. The summed E-state index contributed by atoms with van der Waals surface area (Å²) in [7, 11) is 0. The van der Waals surface area contributed by atoms with Crippen molar-refractivity contribution in [3.05, 3.63) is 18.2 Å². The second kappa shape index (κ2) is 27.4. The van der Waals surface area contributed by atoms with Crippen molar-refractivity contribution in [2.75, 3.05) is 32.8 Å². The van der Waals surface area contributed by atoms with Gasteiger partial charge in [-0.1, -0.05) is 104 Å². The zero-order valence-corrected chi connectivity index (χ0v) is 27.4. The molecule has 1 atom stereocenters. The fraction of sp³-hybridized carbons (Fsp3) is 0.886. The van der Waals surface area contributed by atoms with Crippen LogP contribution in [0.25, 0.3) is 0 Å². The maximum Gasteiger partial charge on any atom is 0.308 e. The zero-order chi connectivity index (χ0) is 29.8. The maximum absolute atomic E-state index is 12.9. The largest absolute Gasteiger partial charge is 0.465 e. The molecule has 0 fully saturated rings. The molecule has 0 aromatic carbocycles. The van der Waals surface area contributed by atoms with Crippen molar-refractivity contribution in [1.82, 2.24) is 14.5 Å². The van der Waals surface area contributed by atoms with Crippen LogP contribution in [0.3, 0.4) is 0 Å². The van der Waals surface area contributed by atoms with Crippen LogP contribution in [0.1, 0.15) is 155 Å². The predicted molar refractivity (Wildman–Crippen MR) is 173 cm³/mol. The van der Waals surface area contributed by atoms with E-state index in [-0.39, 0.29) is 11.9 Å². The second-order valence-corrected chi connectivity index (χ2v) is 12.2. The van der Waals surface area contributed by atoms with E-state index in [1.54, 1.807) is 0 Å². The zero-order valence-electron chi connectivity index (χ0n) is 27.4. The molecule has 0 bridgehead atoms. The fourth-order valence-electron chi connectivity index (χ4n) is 5.69. The first-order chi connectivity index (χ1) is 20.1. The minimum Gasteiger partial charge on any atom is -0.465 e. The summed E-state index contributed by atoms with van der Waals surface area (Å²) >= 11 is 0. The summed E-state index contributed by atoms with van der Waals surface area (Å²) in [6.07, 6.45) is 28.6. The van der Waals surface area contributed by atoms with Gasteiger partial charge in [-0.25, -0.2) is 4.98 Å². The summed E-state index contributed by atoms with van der Waals surface area (Å²) in [5.41, 5.74) is 0. The Kier molecular flexibility index (Phi) is 25.2. The van der Waals surface area contributed by atoms with Gasteiger partial charge in [0.15, 0.2) is 0 Å². The SMILES string of the molecule is CCCCCCCCC(CCCCCC)C(=O)OCCCCCCN(CCCCCCO)CCCn1ccnc1C. The Bertz CT molecular complexity index is 709. The Morgan fingerprint density at radius 1 is 0.780 bits per heavy atom. The van der Waals surface area contributed by atoms with Crippen LogP contribution in [0.5, 0.6) is 0 Å². The normalized spacial score (nSPS) is 12.3. The first kappa shape index (κ1) is 37.6. The number of nitrogens with zero attached hydrogens (tertiary/aromatic N) is 3. The average Bonchev–Trinajstić information content (AvgIpc) is 3.38. The van der Waals surface area contributed by atoms with E-state index in [1.165, 1.54) is 77.0 Å². The molecular weight excluding hydrogens is 510 g/mol. The van der Waals surface area contributed by atoms with Crippen LogP contribution in [0.2, 0.25) is 0 Å². The van der Waals surface area contributed by atoms with E-state index in [4.69, 9.17) is 9.84 Å². The van der Waals surface area contributed by atoms with Gasteiger partial charge in [0.05, 0.1) is 12.5 Å². The number of aryl methyl sites for hydroxylation is 2. The number of aromatic nitrogens is 2. The van der Waals surface area contributed by atoms with E-state index in [0.717, 1.165) is 89.8 Å². The standard InChI is InChI=1S/C35H67N3O3/c1-4-6-8-10-11-17-24-34(23-16-9-7-5-2)35(40)41-32-21-15-13-19-27-37(26-18-12-14-20-31-39)28-22-29-38-30-25-36-33(38)3/h25,30,34,39H,4-24,26-29,31-32H2,1-3H3. The summed E-state index contributed by atoms with van der Waals surface area (Å²) in [6, 6.07) is 0. The monoisotopic (exact) mass is 578 g/mol. The van der Waals surface area contributed by atoms with Crippen LogP contribution in [0.15, 0.2) is 12.4 Å². The molecule has 0 aliphatic heterocycles. The van der Waals surface area contributed by atoms with Crippen LogP contribution >= 0.6 is 0 Å². The number of carbonyl (C=O) groups excluding carboxylic acids is 1. The highest BCUT2D eigenvalue weighted by molar-refractivity contribution is 5.72. The first-order valence-corrected chi connectivity index (χ1v) is 17.6. The number of unbranched alkanes of at least 4 members (excludes halogenated alkanes) is 14. The van der Waals surface area contributed by atoms with Gasteiger partial charge in [0.1, 0.15) is 5.82 Å². The first-order valence-electron chi connectivity index (χ1n) is 17.6. The van der Waals surface area contributed by atoms with E-state index in [2.05, 4.69) is 41.4 Å². The number of carbonyl (C=O) groups is 1. The molecule has 6 nitrogen and oxygen atoms in total. The summed E-state index contributed by atoms with van der Waals surface area (Å²) in [5.74, 6) is 1.26. The Morgan fingerprint density at radius 3 is 1.93 bits per heavy atom. The lowest BCUT2D eigenvalue weighted by molar-refractivity contribution is -0.149. The lowest BCUT2D eigenvalue weighted by Gasteiger charge is -2.22. The number of rotatable bonds is 30. The topological polar surface area (TPSA) is 67.6 Å². The minimum absolute atomic E-state index is 0.0653. The third kappa shape index (κ3) is 21.0. The Morgan fingerprint density at radius 2 is 1.32 bits per heavy atom. The number of hydrogen-bond donors (Lipinski definition) is 1. The van der Waals surface area contributed by atoms with E-state index in [0.29, 0.717) is 13.2 Å². The number of aliphatic hydroxyl groups excluding tert-OH is 1. The molecule has 1 N–H and O–H groups in total. The van der Waals surface area contributed by atoms with Gasteiger partial charge < -0.3 is 19.3 Å². The van der Waals surface area contributed by atoms with E-state index in [9.17, 15) is 4.79 Å². The van der Waals surface area contributed by atoms with E-state index >= 15 is 0 Å². The minimum atomic E-state index is 0.0653. The van der Waals surface area contributed by atoms with Crippen molar-refractivity contribution in [3.8, 4) is 0 Å². The van der Waals surface area contributed by atoms with Crippen LogP contribution in [-0.2, 0) is 16.1 Å². The highest BCUT2D eigenvalue weighted by Gasteiger charge is 2.19. The van der Waals surface area contributed by atoms with Gasteiger partial charge in [-0.2, -0.15) is 0 Å².